The van der Waals surface area contributed by atoms with Crippen LogP contribution in [0, 0.1) is 0 Å². The lowest BCUT2D eigenvalue weighted by atomic mass is 10.0. The third-order valence-electron chi connectivity index (χ3n) is 5.22. The molecule has 3 aromatic carbocycles. The van der Waals surface area contributed by atoms with Crippen molar-refractivity contribution in [2.75, 3.05) is 6.54 Å². The largest absolute Gasteiger partial charge is 0.772 e. The average molecular weight is 549 g/mol. The number of benzene rings is 3. The molecule has 0 spiro atoms. The van der Waals surface area contributed by atoms with Gasteiger partial charge in [-0.1, -0.05) is 83.4 Å². The summed E-state index contributed by atoms with van der Waals surface area (Å²) in [6, 6.07) is 21.6. The van der Waals surface area contributed by atoms with Crippen molar-refractivity contribution in [2.24, 2.45) is 0 Å². The molecule has 0 fully saturated rings. The van der Waals surface area contributed by atoms with E-state index >= 15 is 0 Å². The van der Waals surface area contributed by atoms with Gasteiger partial charge in [0.15, 0.2) is 0 Å². The van der Waals surface area contributed by atoms with Gasteiger partial charge in [0.05, 0.1) is 10.7 Å². The number of hydrogen-bond donors (Lipinski definition) is 1. The lowest BCUT2D eigenvalue weighted by Gasteiger charge is -2.16. The summed E-state index contributed by atoms with van der Waals surface area (Å²) in [5.74, 6) is 0.0135. The van der Waals surface area contributed by atoms with Crippen LogP contribution < -0.4 is 5.32 Å². The van der Waals surface area contributed by atoms with Crippen LogP contribution in [0.25, 0.3) is 28.2 Å². The van der Waals surface area contributed by atoms with E-state index in [1.54, 1.807) is 41.0 Å². The maximum atomic E-state index is 12.7. The molecule has 5 nitrogen and oxygen atoms in total. The van der Waals surface area contributed by atoms with E-state index in [1.165, 1.54) is 6.20 Å². The highest BCUT2D eigenvalue weighted by atomic mass is 35.5. The van der Waals surface area contributed by atoms with Crippen molar-refractivity contribution in [1.82, 2.24) is 14.9 Å². The van der Waals surface area contributed by atoms with Gasteiger partial charge in [-0.3, -0.25) is 8.78 Å². The van der Waals surface area contributed by atoms with Crippen LogP contribution in [0.2, 0.25) is 5.02 Å². The summed E-state index contributed by atoms with van der Waals surface area (Å²) in [6.07, 6.45) is -2.99. The van der Waals surface area contributed by atoms with Gasteiger partial charge >= 0.3 is 6.18 Å². The van der Waals surface area contributed by atoms with E-state index in [2.05, 4.69) is 10.3 Å². The minimum Gasteiger partial charge on any atom is -0.772 e. The summed E-state index contributed by atoms with van der Waals surface area (Å²) in [6.45, 7) is -1.31. The van der Waals surface area contributed by atoms with Crippen LogP contribution in [0.1, 0.15) is 11.3 Å². The zero-order chi connectivity index (χ0) is 25.9. The Labute approximate surface area is 218 Å². The van der Waals surface area contributed by atoms with Crippen LogP contribution >= 0.6 is 23.8 Å². The molecule has 11 heteroatoms. The van der Waals surface area contributed by atoms with Gasteiger partial charge in [0.1, 0.15) is 23.1 Å². The molecule has 0 radical (unpaired) electrons. The molecule has 1 unspecified atom stereocenters. The van der Waals surface area contributed by atoms with E-state index in [-0.39, 0.29) is 16.4 Å². The first-order chi connectivity index (χ1) is 17.1. The first-order valence-corrected chi connectivity index (χ1v) is 12.6. The van der Waals surface area contributed by atoms with Crippen LogP contribution in [-0.2, 0) is 16.8 Å². The standard InChI is InChI=1S/C25H19ClF3N3O2S2/c26-20-9-5-4-8-19(20)23-31-21(24(35)30-15-25(27,28)29)13-32(23)22-11-10-17(12-18(22)14-36(33)34)16-6-2-1-3-7-16/h1-13H,14-15H2,(H,30,35)(H,33,34)/p-1. The molecule has 1 heterocycles. The Hall–Kier alpha value is -3.05. The molecule has 4 rings (SSSR count). The Morgan fingerprint density at radius 3 is 2.42 bits per heavy atom. The second-order valence-corrected chi connectivity index (χ2v) is 9.47. The molecular formula is C25H18ClF3N3O2S2-. The zero-order valence-electron chi connectivity index (χ0n) is 18.5. The van der Waals surface area contributed by atoms with Crippen LogP contribution in [0.4, 0.5) is 13.2 Å². The number of hydrogen-bond acceptors (Lipinski definition) is 4. The monoisotopic (exact) mass is 548 g/mol. The minimum absolute atomic E-state index is 0.0884. The number of alkyl halides is 3. The molecule has 0 aliphatic heterocycles. The molecule has 1 aromatic heterocycles. The first kappa shape index (κ1) is 26.0. The number of rotatable bonds is 7. The Balaban J connectivity index is 1.86. The van der Waals surface area contributed by atoms with E-state index < -0.39 is 23.8 Å². The minimum atomic E-state index is -4.46. The highest BCUT2D eigenvalue weighted by molar-refractivity contribution is 7.80. The molecule has 36 heavy (non-hydrogen) atoms. The second-order valence-electron chi connectivity index (χ2n) is 7.76. The topological polar surface area (TPSA) is 70.0 Å². The Morgan fingerprint density at radius 2 is 1.75 bits per heavy atom. The molecule has 0 saturated carbocycles. The zero-order valence-corrected chi connectivity index (χ0v) is 20.8. The van der Waals surface area contributed by atoms with E-state index in [4.69, 9.17) is 23.8 Å². The molecule has 0 aliphatic rings. The lowest BCUT2D eigenvalue weighted by molar-refractivity contribution is -0.121. The maximum Gasteiger partial charge on any atom is 0.405 e. The van der Waals surface area contributed by atoms with Crippen molar-refractivity contribution in [3.63, 3.8) is 0 Å². The molecule has 4 aromatic rings. The Bertz CT molecular complexity index is 1430. The smallest absolute Gasteiger partial charge is 0.405 e. The van der Waals surface area contributed by atoms with Gasteiger partial charge in [0.2, 0.25) is 0 Å². The summed E-state index contributed by atoms with van der Waals surface area (Å²) in [4.78, 5) is 4.27. The van der Waals surface area contributed by atoms with Gasteiger partial charge in [-0.25, -0.2) is 4.98 Å². The number of aromatic nitrogens is 2. The van der Waals surface area contributed by atoms with Crippen molar-refractivity contribution >= 4 is 39.9 Å². The van der Waals surface area contributed by atoms with Crippen molar-refractivity contribution in [2.45, 2.75) is 11.9 Å². The summed E-state index contributed by atoms with van der Waals surface area (Å²) < 4.78 is 63.2. The predicted octanol–water partition coefficient (Wildman–Crippen LogP) is 6.07. The van der Waals surface area contributed by atoms with Crippen LogP contribution in [0.5, 0.6) is 0 Å². The molecule has 1 N–H and O–H groups in total. The number of nitrogens with one attached hydrogen (secondary N) is 1. The highest BCUT2D eigenvalue weighted by Crippen LogP contribution is 2.32. The van der Waals surface area contributed by atoms with Gasteiger partial charge in [0.25, 0.3) is 0 Å². The van der Waals surface area contributed by atoms with Gasteiger partial charge in [0, 0.05) is 17.5 Å². The summed E-state index contributed by atoms with van der Waals surface area (Å²) in [7, 11) is 0. The lowest BCUT2D eigenvalue weighted by Crippen LogP contribution is -2.33. The molecule has 0 aliphatic carbocycles. The number of imidazole rings is 1. The molecule has 0 saturated heterocycles. The van der Waals surface area contributed by atoms with E-state index in [1.807, 2.05) is 36.4 Å². The first-order valence-electron chi connectivity index (χ1n) is 10.6. The van der Waals surface area contributed by atoms with E-state index in [0.717, 1.165) is 11.1 Å². The second kappa shape index (κ2) is 10.9. The number of halogens is 4. The summed E-state index contributed by atoms with van der Waals surface area (Å²) in [5.41, 5.74) is 3.25. The molecule has 0 bridgehead atoms. The fourth-order valence-electron chi connectivity index (χ4n) is 3.65. The normalized spacial score (nSPS) is 12.4. The van der Waals surface area contributed by atoms with Crippen molar-refractivity contribution in [3.05, 3.63) is 95.3 Å². The third-order valence-corrected chi connectivity index (χ3v) is 6.45. The van der Waals surface area contributed by atoms with Gasteiger partial charge in [-0.05, 0) is 41.0 Å². The molecule has 186 valence electrons. The van der Waals surface area contributed by atoms with E-state index in [0.29, 0.717) is 27.7 Å². The van der Waals surface area contributed by atoms with Gasteiger partial charge < -0.3 is 9.87 Å². The SMILES string of the molecule is O=S([O-])Cc1cc(-c2ccccc2)ccc1-n1cc(C(=S)NCC(F)(F)F)nc1-c1ccccc1Cl. The van der Waals surface area contributed by atoms with Crippen LogP contribution in [-0.4, -0.2) is 36.0 Å². The fourth-order valence-corrected chi connectivity index (χ4v) is 4.53. The summed E-state index contributed by atoms with van der Waals surface area (Å²) in [5, 5.41) is 2.53. The maximum absolute atomic E-state index is 12.7. The predicted molar refractivity (Wildman–Crippen MR) is 138 cm³/mol. The van der Waals surface area contributed by atoms with Crippen molar-refractivity contribution in [3.8, 4) is 28.2 Å². The number of thiocarbonyl (C=S) groups is 1. The molecule has 0 amide bonds. The van der Waals surface area contributed by atoms with Crippen molar-refractivity contribution < 1.29 is 21.9 Å². The summed E-state index contributed by atoms with van der Waals surface area (Å²) >= 11 is 9.16. The molecular weight excluding hydrogens is 531 g/mol. The Kier molecular flexibility index (Phi) is 7.89. The third kappa shape index (κ3) is 6.19. The van der Waals surface area contributed by atoms with Crippen LogP contribution in [0.15, 0.2) is 79.0 Å². The van der Waals surface area contributed by atoms with Gasteiger partial charge in [-0.15, -0.1) is 0 Å². The number of nitrogens with zero attached hydrogens (tertiary/aromatic N) is 2. The van der Waals surface area contributed by atoms with Gasteiger partial charge in [-0.2, -0.15) is 13.2 Å². The van der Waals surface area contributed by atoms with E-state index in [9.17, 15) is 21.9 Å². The molecule has 1 atom stereocenters. The van der Waals surface area contributed by atoms with Crippen molar-refractivity contribution in [1.29, 1.82) is 0 Å². The highest BCUT2D eigenvalue weighted by Gasteiger charge is 2.28. The van der Waals surface area contributed by atoms with Crippen LogP contribution in [0.3, 0.4) is 0 Å². The fraction of sp³-hybridized carbons (Fsp3) is 0.120. The quantitative estimate of drug-likeness (QED) is 0.224. The Morgan fingerprint density at radius 1 is 1.06 bits per heavy atom. The average Bonchev–Trinajstić information content (AvgIpc) is 3.27.